The minimum atomic E-state index is -2.90. The number of sulfone groups is 1. The second-order valence-electron chi connectivity index (χ2n) is 4.30. The van der Waals surface area contributed by atoms with E-state index in [-0.39, 0.29) is 17.5 Å². The fourth-order valence-corrected chi connectivity index (χ4v) is 2.62. The Balaban J connectivity index is 2.58. The third-order valence-electron chi connectivity index (χ3n) is 2.86. The molecule has 0 aliphatic heterocycles. The number of nitrogens with one attached hydrogen (secondary N) is 1. The van der Waals surface area contributed by atoms with E-state index < -0.39 is 9.84 Å². The second-order valence-corrected chi connectivity index (χ2v) is 6.77. The molecule has 0 aliphatic rings. The Bertz CT molecular complexity index is 474. The molecule has 1 heterocycles. The first-order valence-electron chi connectivity index (χ1n) is 6.08. The van der Waals surface area contributed by atoms with Gasteiger partial charge in [0, 0.05) is 11.4 Å². The van der Waals surface area contributed by atoms with Crippen molar-refractivity contribution in [2.24, 2.45) is 5.84 Å². The highest BCUT2D eigenvalue weighted by Crippen LogP contribution is 2.16. The predicted molar refractivity (Wildman–Crippen MR) is 72.6 cm³/mol. The molecule has 6 heteroatoms. The van der Waals surface area contributed by atoms with Crippen molar-refractivity contribution in [2.45, 2.75) is 32.7 Å². The molecule has 18 heavy (non-hydrogen) atoms. The third-order valence-corrected chi connectivity index (χ3v) is 4.65. The normalized spacial score (nSPS) is 13.5. The van der Waals surface area contributed by atoms with Gasteiger partial charge >= 0.3 is 0 Å². The molecule has 1 aromatic rings. The van der Waals surface area contributed by atoms with Crippen LogP contribution >= 0.6 is 0 Å². The molecule has 1 atom stereocenters. The zero-order chi connectivity index (χ0) is 13.6. The summed E-state index contributed by atoms with van der Waals surface area (Å²) in [5, 5.41) is 0. The molecule has 0 aliphatic carbocycles. The van der Waals surface area contributed by atoms with Crippen molar-refractivity contribution in [2.75, 3.05) is 11.5 Å². The maximum Gasteiger partial charge on any atom is 0.150 e. The standard InChI is InChI=1S/C12H21N3O2S/c1-3-18(16,17)9-5-8-12(15-13)11-7-4-6-10(2)14-11/h4,6-7,12,15H,3,5,8-9,13H2,1-2H3. The quantitative estimate of drug-likeness (QED) is 0.573. The smallest absolute Gasteiger partial charge is 0.150 e. The van der Waals surface area contributed by atoms with E-state index in [0.717, 1.165) is 11.4 Å². The zero-order valence-electron chi connectivity index (χ0n) is 10.9. The van der Waals surface area contributed by atoms with Gasteiger partial charge in [0.05, 0.1) is 17.5 Å². The van der Waals surface area contributed by atoms with E-state index in [2.05, 4.69) is 10.4 Å². The summed E-state index contributed by atoms with van der Waals surface area (Å²) in [6, 6.07) is 5.63. The number of hydrazine groups is 1. The number of rotatable bonds is 7. The first-order valence-corrected chi connectivity index (χ1v) is 7.90. The van der Waals surface area contributed by atoms with E-state index in [4.69, 9.17) is 5.84 Å². The first kappa shape index (κ1) is 15.1. The lowest BCUT2D eigenvalue weighted by Crippen LogP contribution is -2.29. The molecule has 0 spiro atoms. The van der Waals surface area contributed by atoms with Crippen molar-refractivity contribution in [3.63, 3.8) is 0 Å². The maximum absolute atomic E-state index is 11.4. The summed E-state index contributed by atoms with van der Waals surface area (Å²) in [5.41, 5.74) is 4.47. The van der Waals surface area contributed by atoms with Crippen LogP contribution in [0, 0.1) is 6.92 Å². The SMILES string of the molecule is CCS(=O)(=O)CCCC(NN)c1cccc(C)n1. The minimum absolute atomic E-state index is 0.100. The highest BCUT2D eigenvalue weighted by atomic mass is 32.2. The molecule has 0 bridgehead atoms. The summed E-state index contributed by atoms with van der Waals surface area (Å²) in [5.74, 6) is 5.89. The van der Waals surface area contributed by atoms with Crippen LogP contribution in [0.3, 0.4) is 0 Å². The number of pyridine rings is 1. The Hall–Kier alpha value is -0.980. The van der Waals surface area contributed by atoms with Crippen molar-refractivity contribution in [3.05, 3.63) is 29.6 Å². The highest BCUT2D eigenvalue weighted by molar-refractivity contribution is 7.91. The maximum atomic E-state index is 11.4. The predicted octanol–water partition coefficient (Wildman–Crippen LogP) is 1.11. The summed E-state index contributed by atoms with van der Waals surface area (Å²) in [6.07, 6.45) is 1.24. The molecule has 0 amide bonds. The molecule has 0 saturated heterocycles. The summed E-state index contributed by atoms with van der Waals surface area (Å²) in [6.45, 7) is 3.58. The van der Waals surface area contributed by atoms with E-state index in [1.54, 1.807) is 6.92 Å². The zero-order valence-corrected chi connectivity index (χ0v) is 11.7. The van der Waals surface area contributed by atoms with Crippen LogP contribution in [0.15, 0.2) is 18.2 Å². The molecule has 0 radical (unpaired) electrons. The lowest BCUT2D eigenvalue weighted by molar-refractivity contribution is 0.495. The third kappa shape index (κ3) is 4.72. The first-order chi connectivity index (χ1) is 8.48. The monoisotopic (exact) mass is 271 g/mol. The van der Waals surface area contributed by atoms with Crippen LogP contribution in [0.25, 0.3) is 0 Å². The number of aryl methyl sites for hydroxylation is 1. The molecule has 1 unspecified atom stereocenters. The number of aromatic nitrogens is 1. The van der Waals surface area contributed by atoms with E-state index in [0.29, 0.717) is 12.8 Å². The van der Waals surface area contributed by atoms with Gasteiger partial charge in [-0.15, -0.1) is 0 Å². The second kappa shape index (κ2) is 6.82. The highest BCUT2D eigenvalue weighted by Gasteiger charge is 2.13. The summed E-state index contributed by atoms with van der Waals surface area (Å²) in [4.78, 5) is 4.39. The molecule has 1 aromatic heterocycles. The van der Waals surface area contributed by atoms with Gasteiger partial charge in [0.25, 0.3) is 0 Å². The van der Waals surface area contributed by atoms with Crippen molar-refractivity contribution in [1.29, 1.82) is 0 Å². The topological polar surface area (TPSA) is 85.1 Å². The van der Waals surface area contributed by atoms with Crippen molar-refractivity contribution >= 4 is 9.84 Å². The van der Waals surface area contributed by atoms with Gasteiger partial charge in [0.15, 0.2) is 0 Å². The Labute approximate surface area is 109 Å². The molecule has 5 nitrogen and oxygen atoms in total. The van der Waals surface area contributed by atoms with E-state index >= 15 is 0 Å². The van der Waals surface area contributed by atoms with Gasteiger partial charge in [-0.2, -0.15) is 0 Å². The molecular formula is C12H21N3O2S. The van der Waals surface area contributed by atoms with Crippen LogP contribution in [-0.4, -0.2) is 24.9 Å². The summed E-state index contributed by atoms with van der Waals surface area (Å²) in [7, 11) is -2.90. The molecule has 0 fully saturated rings. The Morgan fingerprint density at radius 3 is 2.72 bits per heavy atom. The van der Waals surface area contributed by atoms with Gasteiger partial charge in [-0.05, 0) is 31.9 Å². The fraction of sp³-hybridized carbons (Fsp3) is 0.583. The van der Waals surface area contributed by atoms with E-state index in [9.17, 15) is 8.42 Å². The lowest BCUT2D eigenvalue weighted by atomic mass is 10.1. The van der Waals surface area contributed by atoms with Crippen LogP contribution in [0.1, 0.15) is 37.2 Å². The summed E-state index contributed by atoms with van der Waals surface area (Å²) >= 11 is 0. The van der Waals surface area contributed by atoms with Crippen molar-refractivity contribution in [3.8, 4) is 0 Å². The van der Waals surface area contributed by atoms with Crippen LogP contribution in [0.4, 0.5) is 0 Å². The average Bonchev–Trinajstić information content (AvgIpc) is 2.34. The van der Waals surface area contributed by atoms with Gasteiger partial charge in [0.2, 0.25) is 0 Å². The molecule has 0 saturated carbocycles. The van der Waals surface area contributed by atoms with Crippen LogP contribution in [-0.2, 0) is 9.84 Å². The van der Waals surface area contributed by atoms with E-state index in [1.165, 1.54) is 0 Å². The molecule has 1 rings (SSSR count). The number of nitrogens with two attached hydrogens (primary N) is 1. The molecular weight excluding hydrogens is 250 g/mol. The molecule has 102 valence electrons. The number of hydrogen-bond acceptors (Lipinski definition) is 5. The van der Waals surface area contributed by atoms with Crippen LogP contribution in [0.2, 0.25) is 0 Å². The average molecular weight is 271 g/mol. The number of nitrogens with zero attached hydrogens (tertiary/aromatic N) is 1. The van der Waals surface area contributed by atoms with Crippen LogP contribution in [0.5, 0.6) is 0 Å². The molecule has 3 N–H and O–H groups in total. The van der Waals surface area contributed by atoms with Crippen molar-refractivity contribution in [1.82, 2.24) is 10.4 Å². The van der Waals surface area contributed by atoms with E-state index in [1.807, 2.05) is 25.1 Å². The Kier molecular flexibility index (Phi) is 5.71. The van der Waals surface area contributed by atoms with Gasteiger partial charge in [-0.1, -0.05) is 13.0 Å². The fourth-order valence-electron chi connectivity index (χ4n) is 1.73. The largest absolute Gasteiger partial charge is 0.271 e. The van der Waals surface area contributed by atoms with Crippen LogP contribution < -0.4 is 11.3 Å². The molecule has 0 aromatic carbocycles. The minimum Gasteiger partial charge on any atom is -0.271 e. The van der Waals surface area contributed by atoms with Gasteiger partial charge in [-0.3, -0.25) is 16.3 Å². The Morgan fingerprint density at radius 2 is 2.17 bits per heavy atom. The van der Waals surface area contributed by atoms with Gasteiger partial charge < -0.3 is 0 Å². The van der Waals surface area contributed by atoms with Gasteiger partial charge in [-0.25, -0.2) is 8.42 Å². The lowest BCUT2D eigenvalue weighted by Gasteiger charge is -2.15. The summed E-state index contributed by atoms with van der Waals surface area (Å²) < 4.78 is 22.8. The van der Waals surface area contributed by atoms with Gasteiger partial charge in [0.1, 0.15) is 9.84 Å². The Morgan fingerprint density at radius 1 is 1.44 bits per heavy atom. The number of hydrogen-bond donors (Lipinski definition) is 2. The van der Waals surface area contributed by atoms with Crippen molar-refractivity contribution < 1.29 is 8.42 Å².